The van der Waals surface area contributed by atoms with E-state index >= 15 is 0 Å². The van der Waals surface area contributed by atoms with Crippen LogP contribution in [-0.4, -0.2) is 23.0 Å². The van der Waals surface area contributed by atoms with E-state index in [1.807, 2.05) is 0 Å². The topological polar surface area (TPSA) is 64.1 Å². The summed E-state index contributed by atoms with van der Waals surface area (Å²) in [5.74, 6) is 0.444. The molecule has 0 aliphatic rings. The molecule has 1 aromatic heterocycles. The van der Waals surface area contributed by atoms with Gasteiger partial charge in [-0.2, -0.15) is 0 Å². The van der Waals surface area contributed by atoms with E-state index in [0.717, 1.165) is 0 Å². The van der Waals surface area contributed by atoms with E-state index in [-0.39, 0.29) is 5.91 Å². The van der Waals surface area contributed by atoms with E-state index in [4.69, 9.17) is 16.3 Å². The SMILES string of the molecule is CCC(=O)Nc1cc2c(Cl)ncnc2cc1OC. The van der Waals surface area contributed by atoms with Gasteiger partial charge in [0, 0.05) is 17.9 Å². The minimum absolute atomic E-state index is 0.0966. The summed E-state index contributed by atoms with van der Waals surface area (Å²) in [4.78, 5) is 19.4. The first kappa shape index (κ1) is 12.6. The number of halogens is 1. The van der Waals surface area contributed by atoms with Crippen LogP contribution >= 0.6 is 11.6 Å². The highest BCUT2D eigenvalue weighted by Crippen LogP contribution is 2.31. The Labute approximate surface area is 109 Å². The summed E-state index contributed by atoms with van der Waals surface area (Å²) in [6.07, 6.45) is 1.77. The number of hydrogen-bond donors (Lipinski definition) is 1. The number of rotatable bonds is 3. The minimum Gasteiger partial charge on any atom is -0.494 e. The van der Waals surface area contributed by atoms with Crippen molar-refractivity contribution in [3.8, 4) is 5.75 Å². The third-order valence-corrected chi connectivity index (χ3v) is 2.80. The smallest absolute Gasteiger partial charge is 0.224 e. The van der Waals surface area contributed by atoms with Crippen LogP contribution in [0, 0.1) is 0 Å². The van der Waals surface area contributed by atoms with E-state index in [2.05, 4.69) is 15.3 Å². The van der Waals surface area contributed by atoms with Crippen LogP contribution in [0.15, 0.2) is 18.5 Å². The van der Waals surface area contributed by atoms with Gasteiger partial charge in [-0.05, 0) is 6.07 Å². The number of fused-ring (bicyclic) bond motifs is 1. The summed E-state index contributed by atoms with van der Waals surface area (Å²) < 4.78 is 5.22. The average Bonchev–Trinajstić information content (AvgIpc) is 2.39. The molecule has 1 aromatic carbocycles. The van der Waals surface area contributed by atoms with Crippen molar-refractivity contribution in [2.45, 2.75) is 13.3 Å². The predicted octanol–water partition coefficient (Wildman–Crippen LogP) is 2.64. The molecule has 1 amide bonds. The van der Waals surface area contributed by atoms with Crippen LogP contribution in [0.5, 0.6) is 5.75 Å². The molecule has 2 aromatic rings. The van der Waals surface area contributed by atoms with Crippen molar-refractivity contribution in [2.24, 2.45) is 0 Å². The second-order valence-electron chi connectivity index (χ2n) is 3.64. The monoisotopic (exact) mass is 265 g/mol. The molecule has 0 aliphatic carbocycles. The summed E-state index contributed by atoms with van der Waals surface area (Å²) in [6.45, 7) is 1.78. The molecule has 94 valence electrons. The van der Waals surface area contributed by atoms with Crippen LogP contribution in [0.4, 0.5) is 5.69 Å². The summed E-state index contributed by atoms with van der Waals surface area (Å²) in [5, 5.41) is 3.77. The summed E-state index contributed by atoms with van der Waals surface area (Å²) in [7, 11) is 1.53. The molecule has 6 heteroatoms. The van der Waals surface area contributed by atoms with Crippen molar-refractivity contribution >= 4 is 34.1 Å². The van der Waals surface area contributed by atoms with Crippen LogP contribution < -0.4 is 10.1 Å². The van der Waals surface area contributed by atoms with Crippen molar-refractivity contribution in [1.82, 2.24) is 9.97 Å². The molecular weight excluding hydrogens is 254 g/mol. The highest BCUT2D eigenvalue weighted by atomic mass is 35.5. The normalized spacial score (nSPS) is 10.4. The van der Waals surface area contributed by atoms with Gasteiger partial charge in [0.1, 0.15) is 17.2 Å². The third-order valence-electron chi connectivity index (χ3n) is 2.50. The van der Waals surface area contributed by atoms with Crippen LogP contribution in [0.3, 0.4) is 0 Å². The lowest BCUT2D eigenvalue weighted by atomic mass is 10.2. The Kier molecular flexibility index (Phi) is 3.62. The van der Waals surface area contributed by atoms with Crippen molar-refractivity contribution in [1.29, 1.82) is 0 Å². The Balaban J connectivity index is 2.57. The number of nitrogens with zero attached hydrogens (tertiary/aromatic N) is 2. The second-order valence-corrected chi connectivity index (χ2v) is 3.99. The minimum atomic E-state index is -0.0966. The number of amides is 1. The molecule has 0 saturated carbocycles. The number of carbonyl (C=O) groups is 1. The van der Waals surface area contributed by atoms with Crippen LogP contribution in [0.25, 0.3) is 10.9 Å². The predicted molar refractivity (Wildman–Crippen MR) is 70.0 cm³/mol. The van der Waals surface area contributed by atoms with Gasteiger partial charge in [0.25, 0.3) is 0 Å². The highest BCUT2D eigenvalue weighted by Gasteiger charge is 2.11. The molecule has 0 atom stereocenters. The molecule has 18 heavy (non-hydrogen) atoms. The van der Waals surface area contributed by atoms with E-state index in [9.17, 15) is 4.79 Å². The number of anilines is 1. The maximum atomic E-state index is 11.4. The van der Waals surface area contributed by atoms with Gasteiger partial charge in [0.2, 0.25) is 5.91 Å². The molecule has 0 aliphatic heterocycles. The number of benzene rings is 1. The van der Waals surface area contributed by atoms with Gasteiger partial charge in [0.15, 0.2) is 0 Å². The van der Waals surface area contributed by atoms with Crippen molar-refractivity contribution < 1.29 is 9.53 Å². The molecule has 0 fully saturated rings. The lowest BCUT2D eigenvalue weighted by Crippen LogP contribution is -2.10. The Morgan fingerprint density at radius 1 is 1.44 bits per heavy atom. The maximum Gasteiger partial charge on any atom is 0.224 e. The van der Waals surface area contributed by atoms with Gasteiger partial charge >= 0.3 is 0 Å². The Hall–Kier alpha value is -1.88. The number of aromatic nitrogens is 2. The molecule has 0 spiro atoms. The summed E-state index contributed by atoms with van der Waals surface area (Å²) in [6, 6.07) is 3.43. The van der Waals surface area contributed by atoms with E-state index in [1.165, 1.54) is 13.4 Å². The number of carbonyl (C=O) groups excluding carboxylic acids is 1. The first-order valence-corrected chi connectivity index (χ1v) is 5.81. The molecule has 2 rings (SSSR count). The molecular formula is C12H12ClN3O2. The standard InChI is InChI=1S/C12H12ClN3O2/c1-3-11(17)16-9-4-7-8(5-10(9)18-2)14-6-15-12(7)13/h4-6H,3H2,1-2H3,(H,16,17). The first-order chi connectivity index (χ1) is 8.65. The third kappa shape index (κ3) is 2.36. The fraction of sp³-hybridized carbons (Fsp3) is 0.250. The Morgan fingerprint density at radius 2 is 2.22 bits per heavy atom. The fourth-order valence-corrected chi connectivity index (χ4v) is 1.75. The van der Waals surface area contributed by atoms with Gasteiger partial charge in [-0.3, -0.25) is 4.79 Å². The van der Waals surface area contributed by atoms with E-state index in [0.29, 0.717) is 33.9 Å². The van der Waals surface area contributed by atoms with Crippen LogP contribution in [0.1, 0.15) is 13.3 Å². The molecule has 0 unspecified atom stereocenters. The lowest BCUT2D eigenvalue weighted by molar-refractivity contribution is -0.115. The van der Waals surface area contributed by atoms with Gasteiger partial charge < -0.3 is 10.1 Å². The summed E-state index contributed by atoms with van der Waals surface area (Å²) in [5.41, 5.74) is 1.23. The highest BCUT2D eigenvalue weighted by molar-refractivity contribution is 6.34. The maximum absolute atomic E-state index is 11.4. The largest absolute Gasteiger partial charge is 0.494 e. The summed E-state index contributed by atoms with van der Waals surface area (Å²) >= 11 is 5.99. The first-order valence-electron chi connectivity index (χ1n) is 5.43. The number of nitrogens with one attached hydrogen (secondary N) is 1. The van der Waals surface area contributed by atoms with Crippen LogP contribution in [0.2, 0.25) is 5.15 Å². The molecule has 1 N–H and O–H groups in total. The molecule has 0 saturated heterocycles. The number of hydrogen-bond acceptors (Lipinski definition) is 4. The van der Waals surface area contributed by atoms with Gasteiger partial charge in [-0.1, -0.05) is 18.5 Å². The Bertz CT molecular complexity index is 601. The fourth-order valence-electron chi connectivity index (χ4n) is 1.56. The molecule has 0 radical (unpaired) electrons. The second kappa shape index (κ2) is 5.18. The average molecular weight is 266 g/mol. The number of ether oxygens (including phenoxy) is 1. The van der Waals surface area contributed by atoms with E-state index in [1.54, 1.807) is 19.1 Å². The molecule has 1 heterocycles. The van der Waals surface area contributed by atoms with Crippen molar-refractivity contribution in [3.05, 3.63) is 23.6 Å². The zero-order valence-corrected chi connectivity index (χ0v) is 10.8. The number of methoxy groups -OCH3 is 1. The van der Waals surface area contributed by atoms with Crippen LogP contribution in [-0.2, 0) is 4.79 Å². The zero-order chi connectivity index (χ0) is 13.1. The lowest BCUT2D eigenvalue weighted by Gasteiger charge is -2.11. The Morgan fingerprint density at radius 3 is 2.89 bits per heavy atom. The van der Waals surface area contributed by atoms with Gasteiger partial charge in [-0.25, -0.2) is 9.97 Å². The molecule has 5 nitrogen and oxygen atoms in total. The molecule has 0 bridgehead atoms. The van der Waals surface area contributed by atoms with Crippen molar-refractivity contribution in [3.63, 3.8) is 0 Å². The quantitative estimate of drug-likeness (QED) is 0.867. The zero-order valence-electron chi connectivity index (χ0n) is 10.0. The van der Waals surface area contributed by atoms with Crippen molar-refractivity contribution in [2.75, 3.05) is 12.4 Å². The van der Waals surface area contributed by atoms with Gasteiger partial charge in [0.05, 0.1) is 18.3 Å². The van der Waals surface area contributed by atoms with Gasteiger partial charge in [-0.15, -0.1) is 0 Å². The van der Waals surface area contributed by atoms with E-state index < -0.39 is 0 Å².